The van der Waals surface area contributed by atoms with Crippen LogP contribution >= 0.6 is 0 Å². The molecule has 0 atom stereocenters. The fourth-order valence-corrected chi connectivity index (χ4v) is 1.98. The van der Waals surface area contributed by atoms with Crippen LogP contribution in [0.3, 0.4) is 0 Å². The van der Waals surface area contributed by atoms with Crippen LogP contribution in [0.15, 0.2) is 30.3 Å². The predicted octanol–water partition coefficient (Wildman–Crippen LogP) is 3.41. The number of halogens is 2. The van der Waals surface area contributed by atoms with E-state index in [0.29, 0.717) is 17.3 Å². The zero-order valence-corrected chi connectivity index (χ0v) is 12.8. The van der Waals surface area contributed by atoms with Crippen LogP contribution < -0.4 is 10.6 Å². The number of esters is 1. The van der Waals surface area contributed by atoms with Crippen LogP contribution in [-0.4, -0.2) is 24.2 Å². The number of aromatic hydroxyl groups is 1. The number of methoxy groups -OCH3 is 1. The number of aryl methyl sites for hydroxylation is 1. The fourth-order valence-electron chi connectivity index (χ4n) is 1.98. The second kappa shape index (κ2) is 6.95. The molecule has 0 radical (unpaired) electrons. The summed E-state index contributed by atoms with van der Waals surface area (Å²) < 4.78 is 31.7. The Morgan fingerprint density at radius 1 is 1.04 bits per heavy atom. The summed E-state index contributed by atoms with van der Waals surface area (Å²) in [4.78, 5) is 23.4. The van der Waals surface area contributed by atoms with E-state index in [1.807, 2.05) is 0 Å². The van der Waals surface area contributed by atoms with Gasteiger partial charge in [-0.25, -0.2) is 18.4 Å². The summed E-state index contributed by atoms with van der Waals surface area (Å²) >= 11 is 0. The molecule has 0 aliphatic carbocycles. The molecule has 0 fully saturated rings. The topological polar surface area (TPSA) is 87.7 Å². The Morgan fingerprint density at radius 3 is 2.33 bits per heavy atom. The summed E-state index contributed by atoms with van der Waals surface area (Å²) in [6, 6.07) is 4.79. The number of amides is 2. The van der Waals surface area contributed by atoms with Crippen LogP contribution in [0, 0.1) is 18.6 Å². The quantitative estimate of drug-likeness (QED) is 0.592. The lowest BCUT2D eigenvalue weighted by Crippen LogP contribution is -2.21. The number of phenolic OH excluding ortho intramolecular Hbond substituents is 1. The van der Waals surface area contributed by atoms with Gasteiger partial charge in [-0.15, -0.1) is 0 Å². The van der Waals surface area contributed by atoms with Crippen LogP contribution in [0.25, 0.3) is 0 Å². The molecule has 8 heteroatoms. The van der Waals surface area contributed by atoms with Gasteiger partial charge in [-0.1, -0.05) is 0 Å². The highest BCUT2D eigenvalue weighted by Crippen LogP contribution is 2.22. The summed E-state index contributed by atoms with van der Waals surface area (Å²) in [6.07, 6.45) is 0. The van der Waals surface area contributed by atoms with E-state index in [-0.39, 0.29) is 11.4 Å². The number of urea groups is 1. The summed E-state index contributed by atoms with van der Waals surface area (Å²) in [5.74, 6) is -3.10. The van der Waals surface area contributed by atoms with E-state index in [2.05, 4.69) is 15.4 Å². The Labute approximate surface area is 136 Å². The lowest BCUT2D eigenvalue weighted by molar-refractivity contribution is 0.0595. The third kappa shape index (κ3) is 3.78. The molecule has 0 bridgehead atoms. The van der Waals surface area contributed by atoms with Gasteiger partial charge in [0.2, 0.25) is 0 Å². The maximum absolute atomic E-state index is 13.8. The molecule has 0 aromatic heterocycles. The minimum Gasteiger partial charge on any atom is -0.508 e. The molecule has 0 aliphatic heterocycles. The number of rotatable bonds is 3. The lowest BCUT2D eigenvalue weighted by Gasteiger charge is -2.12. The van der Waals surface area contributed by atoms with E-state index in [9.17, 15) is 23.5 Å². The van der Waals surface area contributed by atoms with E-state index in [4.69, 9.17) is 0 Å². The maximum atomic E-state index is 13.8. The second-order valence-electron chi connectivity index (χ2n) is 4.88. The van der Waals surface area contributed by atoms with Gasteiger partial charge >= 0.3 is 12.0 Å². The zero-order valence-electron chi connectivity index (χ0n) is 12.8. The van der Waals surface area contributed by atoms with E-state index >= 15 is 0 Å². The molecule has 2 aromatic rings. The summed E-state index contributed by atoms with van der Waals surface area (Å²) in [5, 5.41) is 14.0. The third-order valence-electron chi connectivity index (χ3n) is 3.17. The van der Waals surface area contributed by atoms with Crippen molar-refractivity contribution < 1.29 is 28.2 Å². The first-order chi connectivity index (χ1) is 11.3. The van der Waals surface area contributed by atoms with Crippen LogP contribution in [-0.2, 0) is 4.74 Å². The van der Waals surface area contributed by atoms with Gasteiger partial charge in [0, 0.05) is 11.8 Å². The number of hydrogen-bond donors (Lipinski definition) is 3. The minimum atomic E-state index is -1.10. The Hall–Kier alpha value is -3.16. The van der Waals surface area contributed by atoms with Crippen LogP contribution in [0.1, 0.15) is 15.9 Å². The van der Waals surface area contributed by atoms with Gasteiger partial charge < -0.3 is 20.5 Å². The number of hydrogen-bond acceptors (Lipinski definition) is 4. The van der Waals surface area contributed by atoms with E-state index in [1.54, 1.807) is 6.92 Å². The molecule has 2 aromatic carbocycles. The van der Waals surface area contributed by atoms with Crippen molar-refractivity contribution in [2.24, 2.45) is 0 Å². The van der Waals surface area contributed by atoms with Crippen LogP contribution in [0.4, 0.5) is 25.0 Å². The largest absolute Gasteiger partial charge is 0.508 e. The highest BCUT2D eigenvalue weighted by Gasteiger charge is 2.18. The first-order valence-corrected chi connectivity index (χ1v) is 6.76. The van der Waals surface area contributed by atoms with Crippen molar-refractivity contribution in [2.75, 3.05) is 17.7 Å². The van der Waals surface area contributed by atoms with Gasteiger partial charge in [0.1, 0.15) is 17.4 Å². The smallest absolute Gasteiger partial charge is 0.340 e. The molecular formula is C16H14F2N2O4. The molecule has 0 spiro atoms. The van der Waals surface area contributed by atoms with Crippen molar-refractivity contribution in [3.8, 4) is 5.75 Å². The number of carbonyl (C=O) groups is 2. The molecule has 2 amide bonds. The fraction of sp³-hybridized carbons (Fsp3) is 0.125. The summed E-state index contributed by atoms with van der Waals surface area (Å²) in [6.45, 7) is 1.66. The van der Waals surface area contributed by atoms with Gasteiger partial charge in [-0.05, 0) is 36.8 Å². The standard InChI is InChI=1S/C16H14F2N2O4/c1-8-5-9(21)3-4-13(8)19-16(23)20-14-6-10(15(22)24-2)11(17)7-12(14)18/h3-7,21H,1-2H3,(H2,19,20,23). The Morgan fingerprint density at radius 2 is 1.71 bits per heavy atom. The number of benzene rings is 2. The molecule has 0 saturated heterocycles. The highest BCUT2D eigenvalue weighted by atomic mass is 19.1. The Bertz CT molecular complexity index is 809. The van der Waals surface area contributed by atoms with E-state index in [1.165, 1.54) is 18.2 Å². The van der Waals surface area contributed by atoms with Gasteiger partial charge in [0.05, 0.1) is 18.4 Å². The van der Waals surface area contributed by atoms with Crippen LogP contribution in [0.2, 0.25) is 0 Å². The Balaban J connectivity index is 2.21. The van der Waals surface area contributed by atoms with Crippen molar-refractivity contribution in [1.82, 2.24) is 0 Å². The van der Waals surface area contributed by atoms with Gasteiger partial charge in [0.15, 0.2) is 0 Å². The van der Waals surface area contributed by atoms with E-state index in [0.717, 1.165) is 13.2 Å². The predicted molar refractivity (Wildman–Crippen MR) is 83.2 cm³/mol. The molecule has 24 heavy (non-hydrogen) atoms. The number of ether oxygens (including phenoxy) is 1. The monoisotopic (exact) mass is 336 g/mol. The normalized spacial score (nSPS) is 10.2. The van der Waals surface area contributed by atoms with E-state index < -0.39 is 29.2 Å². The van der Waals surface area contributed by atoms with Crippen molar-refractivity contribution in [1.29, 1.82) is 0 Å². The summed E-state index contributed by atoms with van der Waals surface area (Å²) in [7, 11) is 1.05. The molecule has 3 N–H and O–H groups in total. The second-order valence-corrected chi connectivity index (χ2v) is 4.88. The van der Waals surface area contributed by atoms with Crippen LogP contribution in [0.5, 0.6) is 5.75 Å². The van der Waals surface area contributed by atoms with Gasteiger partial charge in [-0.2, -0.15) is 0 Å². The molecule has 0 heterocycles. The van der Waals surface area contributed by atoms with Crippen molar-refractivity contribution >= 4 is 23.4 Å². The molecule has 126 valence electrons. The highest BCUT2D eigenvalue weighted by molar-refractivity contribution is 6.01. The SMILES string of the molecule is COC(=O)c1cc(NC(=O)Nc2ccc(O)cc2C)c(F)cc1F. The van der Waals surface area contributed by atoms with Crippen molar-refractivity contribution in [3.63, 3.8) is 0 Å². The number of anilines is 2. The average molecular weight is 336 g/mol. The molecule has 0 saturated carbocycles. The number of phenols is 1. The molecule has 0 unspecified atom stereocenters. The number of nitrogens with one attached hydrogen (secondary N) is 2. The minimum absolute atomic E-state index is 0.0331. The number of carbonyl (C=O) groups excluding carboxylic acids is 2. The maximum Gasteiger partial charge on any atom is 0.340 e. The molecule has 6 nitrogen and oxygen atoms in total. The lowest BCUT2D eigenvalue weighted by atomic mass is 10.1. The van der Waals surface area contributed by atoms with Gasteiger partial charge in [-0.3, -0.25) is 0 Å². The molecule has 2 rings (SSSR count). The van der Waals surface area contributed by atoms with Crippen molar-refractivity contribution in [3.05, 3.63) is 53.1 Å². The first-order valence-electron chi connectivity index (χ1n) is 6.76. The first kappa shape index (κ1) is 17.2. The van der Waals surface area contributed by atoms with Crippen molar-refractivity contribution in [2.45, 2.75) is 6.92 Å². The third-order valence-corrected chi connectivity index (χ3v) is 3.17. The zero-order chi connectivity index (χ0) is 17.9. The molecular weight excluding hydrogens is 322 g/mol. The molecule has 0 aliphatic rings. The average Bonchev–Trinajstić information content (AvgIpc) is 2.52. The van der Waals surface area contributed by atoms with Gasteiger partial charge in [0.25, 0.3) is 0 Å². The Kier molecular flexibility index (Phi) is 4.98. The summed E-state index contributed by atoms with van der Waals surface area (Å²) in [5.41, 5.74) is 0.0849.